The fourth-order valence-corrected chi connectivity index (χ4v) is 4.02. The molecule has 0 spiro atoms. The minimum absolute atomic E-state index is 0.132. The highest BCUT2D eigenvalue weighted by Gasteiger charge is 2.46. The van der Waals surface area contributed by atoms with E-state index in [0.29, 0.717) is 18.4 Å². The Kier molecular flexibility index (Phi) is 5.65. The number of rotatable bonds is 5. The quantitative estimate of drug-likeness (QED) is 0.695. The molecule has 0 radical (unpaired) electrons. The molecule has 2 aromatic carbocycles. The van der Waals surface area contributed by atoms with Gasteiger partial charge in [0.1, 0.15) is 17.9 Å². The molecule has 0 aliphatic carbocycles. The number of carbonyl (C=O) groups excluding carboxylic acids is 3. The summed E-state index contributed by atoms with van der Waals surface area (Å²) in [4.78, 5) is 39.2. The molecule has 2 aliphatic heterocycles. The molecule has 0 bridgehead atoms. The largest absolute Gasteiger partial charge is 0.342 e. The standard InChI is InChI=1S/C22H23FN4O3/c23-16-8-4-7-15(9-16)12-24-22(30)25-17-11-19-20(28)26-18(21(29)27(19)13-17)10-14-5-2-1-3-6-14/h1-9,17-19H,10-13H2,(H,26,28)(H2,24,25,30)/t17-,18-,19-/m0/s1. The third-order valence-corrected chi connectivity index (χ3v) is 5.46. The summed E-state index contributed by atoms with van der Waals surface area (Å²) in [5.41, 5.74) is 1.62. The summed E-state index contributed by atoms with van der Waals surface area (Å²) in [6.07, 6.45) is 0.796. The zero-order valence-corrected chi connectivity index (χ0v) is 16.3. The van der Waals surface area contributed by atoms with Crippen LogP contribution in [0.5, 0.6) is 0 Å². The minimum Gasteiger partial charge on any atom is -0.342 e. The summed E-state index contributed by atoms with van der Waals surface area (Å²) in [6.45, 7) is 0.470. The third-order valence-electron chi connectivity index (χ3n) is 5.46. The van der Waals surface area contributed by atoms with Gasteiger partial charge in [-0.05, 0) is 29.7 Å². The first-order valence-electron chi connectivity index (χ1n) is 9.93. The Hall–Kier alpha value is -3.42. The van der Waals surface area contributed by atoms with Gasteiger partial charge in [-0.1, -0.05) is 42.5 Å². The smallest absolute Gasteiger partial charge is 0.315 e. The first kappa shape index (κ1) is 19.9. The van der Waals surface area contributed by atoms with Crippen molar-refractivity contribution >= 4 is 17.8 Å². The molecule has 0 aromatic heterocycles. The summed E-state index contributed by atoms with van der Waals surface area (Å²) in [5, 5.41) is 8.30. The number of benzene rings is 2. The highest BCUT2D eigenvalue weighted by Crippen LogP contribution is 2.24. The van der Waals surface area contributed by atoms with E-state index in [1.807, 2.05) is 30.3 Å². The molecule has 2 aliphatic rings. The zero-order chi connectivity index (χ0) is 21.1. The lowest BCUT2D eigenvalue weighted by atomic mass is 10.0. The van der Waals surface area contributed by atoms with E-state index in [4.69, 9.17) is 0 Å². The fourth-order valence-electron chi connectivity index (χ4n) is 4.02. The second-order valence-electron chi connectivity index (χ2n) is 7.65. The van der Waals surface area contributed by atoms with Crippen molar-refractivity contribution in [3.05, 3.63) is 71.5 Å². The molecule has 4 amide bonds. The summed E-state index contributed by atoms with van der Waals surface area (Å²) >= 11 is 0. The molecular weight excluding hydrogens is 387 g/mol. The van der Waals surface area contributed by atoms with Gasteiger partial charge < -0.3 is 20.9 Å². The van der Waals surface area contributed by atoms with Crippen LogP contribution >= 0.6 is 0 Å². The van der Waals surface area contributed by atoms with Crippen LogP contribution in [0.4, 0.5) is 9.18 Å². The molecule has 2 heterocycles. The number of nitrogens with one attached hydrogen (secondary N) is 3. The van der Waals surface area contributed by atoms with Gasteiger partial charge in [0.25, 0.3) is 0 Å². The molecule has 0 unspecified atom stereocenters. The van der Waals surface area contributed by atoms with Crippen molar-refractivity contribution in [3.63, 3.8) is 0 Å². The monoisotopic (exact) mass is 410 g/mol. The van der Waals surface area contributed by atoms with E-state index in [9.17, 15) is 18.8 Å². The Morgan fingerprint density at radius 3 is 2.63 bits per heavy atom. The second-order valence-corrected chi connectivity index (χ2v) is 7.65. The SMILES string of the molecule is O=C(NCc1cccc(F)c1)N[C@H]1C[C@H]2C(=O)N[C@@H](Cc3ccccc3)C(=O)N2C1. The Morgan fingerprint density at radius 1 is 1.10 bits per heavy atom. The average Bonchev–Trinajstić information content (AvgIpc) is 3.16. The Labute approximate surface area is 173 Å². The van der Waals surface area contributed by atoms with Gasteiger partial charge in [0.2, 0.25) is 11.8 Å². The van der Waals surface area contributed by atoms with E-state index in [1.54, 1.807) is 17.0 Å². The number of nitrogens with zero attached hydrogens (tertiary/aromatic N) is 1. The van der Waals surface area contributed by atoms with E-state index in [1.165, 1.54) is 12.1 Å². The normalized spacial score (nSPS) is 23.0. The van der Waals surface area contributed by atoms with Crippen molar-refractivity contribution in [2.24, 2.45) is 0 Å². The third kappa shape index (κ3) is 4.42. The number of amides is 4. The lowest BCUT2D eigenvalue weighted by molar-refractivity contribution is -0.147. The van der Waals surface area contributed by atoms with Crippen molar-refractivity contribution in [3.8, 4) is 0 Å². The lowest BCUT2D eigenvalue weighted by Gasteiger charge is -2.34. The highest BCUT2D eigenvalue weighted by molar-refractivity contribution is 5.97. The predicted octanol–water partition coefficient (Wildman–Crippen LogP) is 1.34. The van der Waals surface area contributed by atoms with Crippen LogP contribution in [-0.4, -0.2) is 47.4 Å². The summed E-state index contributed by atoms with van der Waals surface area (Å²) in [7, 11) is 0. The summed E-state index contributed by atoms with van der Waals surface area (Å²) < 4.78 is 13.2. The highest BCUT2D eigenvalue weighted by atomic mass is 19.1. The molecule has 2 saturated heterocycles. The first-order valence-corrected chi connectivity index (χ1v) is 9.93. The van der Waals surface area contributed by atoms with Crippen molar-refractivity contribution in [1.29, 1.82) is 0 Å². The maximum absolute atomic E-state index is 13.2. The molecule has 2 aromatic rings. The van der Waals surface area contributed by atoms with E-state index in [-0.39, 0.29) is 36.8 Å². The molecule has 4 rings (SSSR count). The number of hydrogen-bond acceptors (Lipinski definition) is 3. The number of hydrogen-bond donors (Lipinski definition) is 3. The fraction of sp³-hybridized carbons (Fsp3) is 0.318. The van der Waals surface area contributed by atoms with Crippen molar-refractivity contribution in [2.75, 3.05) is 6.54 Å². The molecular formula is C22H23FN4O3. The number of fused-ring (bicyclic) bond motifs is 1. The van der Waals surface area contributed by atoms with Crippen LogP contribution in [0.25, 0.3) is 0 Å². The van der Waals surface area contributed by atoms with Crippen molar-refractivity contribution < 1.29 is 18.8 Å². The molecule has 2 fully saturated rings. The molecule has 3 atom stereocenters. The summed E-state index contributed by atoms with van der Waals surface area (Å²) in [6, 6.07) is 13.6. The molecule has 0 saturated carbocycles. The number of piperazine rings is 1. The molecule has 3 N–H and O–H groups in total. The van der Waals surface area contributed by atoms with Gasteiger partial charge in [0.15, 0.2) is 0 Å². The van der Waals surface area contributed by atoms with Gasteiger partial charge >= 0.3 is 6.03 Å². The molecule has 156 valence electrons. The van der Waals surface area contributed by atoms with Crippen molar-refractivity contribution in [1.82, 2.24) is 20.9 Å². The first-order chi connectivity index (χ1) is 14.5. The Balaban J connectivity index is 1.32. The zero-order valence-electron chi connectivity index (χ0n) is 16.3. The number of halogens is 1. The molecule has 30 heavy (non-hydrogen) atoms. The van der Waals surface area contributed by atoms with Gasteiger partial charge in [0, 0.05) is 19.5 Å². The van der Waals surface area contributed by atoms with E-state index in [2.05, 4.69) is 16.0 Å². The Bertz CT molecular complexity index is 952. The van der Waals surface area contributed by atoms with Gasteiger partial charge in [-0.2, -0.15) is 0 Å². The maximum atomic E-state index is 13.2. The summed E-state index contributed by atoms with van der Waals surface area (Å²) in [5.74, 6) is -0.690. The van der Waals surface area contributed by atoms with Crippen LogP contribution < -0.4 is 16.0 Å². The van der Waals surface area contributed by atoms with E-state index in [0.717, 1.165) is 5.56 Å². The number of carbonyl (C=O) groups is 3. The number of urea groups is 1. The second kappa shape index (κ2) is 8.52. The maximum Gasteiger partial charge on any atom is 0.315 e. The predicted molar refractivity (Wildman–Crippen MR) is 108 cm³/mol. The van der Waals surface area contributed by atoms with E-state index < -0.39 is 18.1 Å². The lowest BCUT2D eigenvalue weighted by Crippen LogP contribution is -2.61. The molecule has 7 nitrogen and oxygen atoms in total. The van der Waals surface area contributed by atoms with Crippen LogP contribution in [-0.2, 0) is 22.6 Å². The van der Waals surface area contributed by atoms with Crippen molar-refractivity contribution in [2.45, 2.75) is 37.5 Å². The van der Waals surface area contributed by atoms with Crippen LogP contribution in [0.1, 0.15) is 17.5 Å². The van der Waals surface area contributed by atoms with Gasteiger partial charge in [-0.15, -0.1) is 0 Å². The van der Waals surface area contributed by atoms with Crippen LogP contribution in [0, 0.1) is 5.82 Å². The van der Waals surface area contributed by atoms with E-state index >= 15 is 0 Å². The molecule has 8 heteroatoms. The van der Waals surface area contributed by atoms with Crippen LogP contribution in [0.2, 0.25) is 0 Å². The van der Waals surface area contributed by atoms with Gasteiger partial charge in [-0.3, -0.25) is 9.59 Å². The minimum atomic E-state index is -0.600. The van der Waals surface area contributed by atoms with Gasteiger partial charge in [-0.25, -0.2) is 9.18 Å². The topological polar surface area (TPSA) is 90.5 Å². The van der Waals surface area contributed by atoms with Crippen LogP contribution in [0.15, 0.2) is 54.6 Å². The average molecular weight is 410 g/mol. The van der Waals surface area contributed by atoms with Crippen LogP contribution in [0.3, 0.4) is 0 Å². The Morgan fingerprint density at radius 2 is 1.87 bits per heavy atom. The van der Waals surface area contributed by atoms with Gasteiger partial charge in [0.05, 0.1) is 6.04 Å².